The first-order valence-electron chi connectivity index (χ1n) is 4.45. The molecule has 2 aromatic rings. The lowest BCUT2D eigenvalue weighted by Crippen LogP contribution is -1.99. The van der Waals surface area contributed by atoms with Crippen LogP contribution in [0.3, 0.4) is 0 Å². The Bertz CT molecular complexity index is 462. The predicted octanol–water partition coefficient (Wildman–Crippen LogP) is 2.27. The minimum Gasteiger partial charge on any atom is -0.405 e. The van der Waals surface area contributed by atoms with Gasteiger partial charge < -0.3 is 9.15 Å². The molecule has 1 heterocycles. The summed E-state index contributed by atoms with van der Waals surface area (Å²) in [5, 5.41) is 0. The number of carbonyl (C=O) groups is 1. The van der Waals surface area contributed by atoms with Gasteiger partial charge in [0.1, 0.15) is 6.20 Å². The van der Waals surface area contributed by atoms with E-state index in [1.54, 1.807) is 0 Å². The molecule has 1 aromatic carbocycles. The van der Waals surface area contributed by atoms with E-state index in [0.29, 0.717) is 5.89 Å². The average molecular weight is 203 g/mol. The molecule has 0 amide bonds. The van der Waals surface area contributed by atoms with Crippen LogP contribution in [0.25, 0.3) is 11.5 Å². The van der Waals surface area contributed by atoms with E-state index >= 15 is 0 Å². The normalized spacial score (nSPS) is 9.93. The summed E-state index contributed by atoms with van der Waals surface area (Å²) in [6, 6.07) is 9.39. The maximum absolute atomic E-state index is 10.6. The number of hydrogen-bond acceptors (Lipinski definition) is 4. The minimum absolute atomic E-state index is 0.112. The van der Waals surface area contributed by atoms with Crippen LogP contribution in [0.2, 0.25) is 0 Å². The summed E-state index contributed by atoms with van der Waals surface area (Å²) >= 11 is 0. The van der Waals surface area contributed by atoms with Gasteiger partial charge >= 0.3 is 11.9 Å². The standard InChI is InChI=1S/C11H9NO3/c1-8(13)14-10-7-12-11(15-10)9-5-3-2-4-6-9/h2-7H,1H3. The lowest BCUT2D eigenvalue weighted by Gasteiger charge is -1.94. The maximum Gasteiger partial charge on any atom is 0.313 e. The van der Waals surface area contributed by atoms with Crippen LogP contribution < -0.4 is 4.74 Å². The molecule has 0 saturated carbocycles. The Morgan fingerprint density at radius 2 is 2.07 bits per heavy atom. The smallest absolute Gasteiger partial charge is 0.313 e. The summed E-state index contributed by atoms with van der Waals surface area (Å²) in [6.07, 6.45) is 1.38. The zero-order valence-electron chi connectivity index (χ0n) is 8.14. The lowest BCUT2D eigenvalue weighted by molar-refractivity contribution is -0.133. The predicted molar refractivity (Wildman–Crippen MR) is 53.2 cm³/mol. The van der Waals surface area contributed by atoms with E-state index in [1.165, 1.54) is 13.1 Å². The number of aromatic nitrogens is 1. The molecule has 4 heteroatoms. The fourth-order valence-corrected chi connectivity index (χ4v) is 1.16. The van der Waals surface area contributed by atoms with Gasteiger partial charge in [-0.05, 0) is 12.1 Å². The molecule has 76 valence electrons. The fourth-order valence-electron chi connectivity index (χ4n) is 1.16. The van der Waals surface area contributed by atoms with Gasteiger partial charge in [0.25, 0.3) is 0 Å². The second kappa shape index (κ2) is 3.96. The van der Waals surface area contributed by atoms with Gasteiger partial charge in [-0.1, -0.05) is 18.2 Å². The first-order valence-corrected chi connectivity index (χ1v) is 4.45. The first-order chi connectivity index (χ1) is 7.25. The zero-order chi connectivity index (χ0) is 10.7. The highest BCUT2D eigenvalue weighted by Gasteiger charge is 2.07. The topological polar surface area (TPSA) is 52.3 Å². The Kier molecular flexibility index (Phi) is 2.49. The second-order valence-corrected chi connectivity index (χ2v) is 2.94. The third-order valence-electron chi connectivity index (χ3n) is 1.75. The quantitative estimate of drug-likeness (QED) is 0.702. The molecule has 0 atom stereocenters. The van der Waals surface area contributed by atoms with E-state index < -0.39 is 5.97 Å². The Hall–Kier alpha value is -2.10. The number of benzene rings is 1. The molecule has 0 radical (unpaired) electrons. The molecule has 0 fully saturated rings. The van der Waals surface area contributed by atoms with Gasteiger partial charge in [-0.3, -0.25) is 4.79 Å². The van der Waals surface area contributed by atoms with Crippen LogP contribution in [-0.4, -0.2) is 11.0 Å². The van der Waals surface area contributed by atoms with E-state index in [9.17, 15) is 4.79 Å². The van der Waals surface area contributed by atoms with Gasteiger partial charge in [0.2, 0.25) is 5.89 Å². The summed E-state index contributed by atoms with van der Waals surface area (Å²) in [6.45, 7) is 1.31. The SMILES string of the molecule is CC(=O)Oc1cnc(-c2ccccc2)o1. The van der Waals surface area contributed by atoms with Crippen LogP contribution in [0, 0.1) is 0 Å². The van der Waals surface area contributed by atoms with Crippen molar-refractivity contribution in [1.29, 1.82) is 0 Å². The van der Waals surface area contributed by atoms with E-state index in [4.69, 9.17) is 9.15 Å². The molecule has 0 bridgehead atoms. The third kappa shape index (κ3) is 2.22. The maximum atomic E-state index is 10.6. The minimum atomic E-state index is -0.425. The molecular formula is C11H9NO3. The summed E-state index contributed by atoms with van der Waals surface area (Å²) in [5.41, 5.74) is 0.843. The van der Waals surface area contributed by atoms with Crippen LogP contribution in [0.15, 0.2) is 40.9 Å². The number of hydrogen-bond donors (Lipinski definition) is 0. The highest BCUT2D eigenvalue weighted by Crippen LogP contribution is 2.22. The van der Waals surface area contributed by atoms with E-state index in [2.05, 4.69) is 4.98 Å². The van der Waals surface area contributed by atoms with Gasteiger partial charge in [0, 0.05) is 12.5 Å². The fraction of sp³-hybridized carbons (Fsp3) is 0.0909. The number of esters is 1. The van der Waals surface area contributed by atoms with Crippen molar-refractivity contribution in [2.24, 2.45) is 0 Å². The molecule has 0 aliphatic carbocycles. The van der Waals surface area contributed by atoms with Crippen molar-refractivity contribution >= 4 is 5.97 Å². The van der Waals surface area contributed by atoms with Gasteiger partial charge in [-0.15, -0.1) is 0 Å². The van der Waals surface area contributed by atoms with Gasteiger partial charge in [0.05, 0.1) is 0 Å². The second-order valence-electron chi connectivity index (χ2n) is 2.94. The number of ether oxygens (including phenoxy) is 1. The van der Waals surface area contributed by atoms with E-state index in [-0.39, 0.29) is 5.95 Å². The Labute approximate surface area is 86.5 Å². The summed E-state index contributed by atoms with van der Waals surface area (Å²) in [7, 11) is 0. The number of oxazole rings is 1. The highest BCUT2D eigenvalue weighted by atomic mass is 16.6. The van der Waals surface area contributed by atoms with Gasteiger partial charge in [-0.2, -0.15) is 0 Å². The molecule has 0 spiro atoms. The molecular weight excluding hydrogens is 194 g/mol. The third-order valence-corrected chi connectivity index (χ3v) is 1.75. The Balaban J connectivity index is 2.24. The number of nitrogens with zero attached hydrogens (tertiary/aromatic N) is 1. The van der Waals surface area contributed by atoms with Crippen molar-refractivity contribution < 1.29 is 13.9 Å². The molecule has 0 saturated heterocycles. The molecule has 15 heavy (non-hydrogen) atoms. The Morgan fingerprint density at radius 1 is 1.33 bits per heavy atom. The molecule has 0 aliphatic heterocycles. The molecule has 0 unspecified atom stereocenters. The first kappa shape index (κ1) is 9.45. The number of rotatable bonds is 2. The lowest BCUT2D eigenvalue weighted by atomic mass is 10.2. The van der Waals surface area contributed by atoms with E-state index in [0.717, 1.165) is 5.56 Å². The van der Waals surface area contributed by atoms with E-state index in [1.807, 2.05) is 30.3 Å². The van der Waals surface area contributed by atoms with Crippen molar-refractivity contribution in [3.63, 3.8) is 0 Å². The van der Waals surface area contributed by atoms with Crippen LogP contribution in [0.4, 0.5) is 0 Å². The van der Waals surface area contributed by atoms with Crippen molar-refractivity contribution in [2.45, 2.75) is 6.92 Å². The summed E-state index contributed by atoms with van der Waals surface area (Å²) < 4.78 is 9.97. The summed E-state index contributed by atoms with van der Waals surface area (Å²) in [4.78, 5) is 14.6. The van der Waals surface area contributed by atoms with Crippen LogP contribution >= 0.6 is 0 Å². The molecule has 0 aliphatic rings. The summed E-state index contributed by atoms with van der Waals surface area (Å²) in [5.74, 6) is 0.124. The molecule has 0 N–H and O–H groups in total. The van der Waals surface area contributed by atoms with Gasteiger partial charge in [-0.25, -0.2) is 4.98 Å². The van der Waals surface area contributed by atoms with Crippen molar-refractivity contribution in [3.05, 3.63) is 36.5 Å². The van der Waals surface area contributed by atoms with Gasteiger partial charge in [0.15, 0.2) is 0 Å². The van der Waals surface area contributed by atoms with Crippen molar-refractivity contribution in [2.75, 3.05) is 0 Å². The van der Waals surface area contributed by atoms with Crippen LogP contribution in [-0.2, 0) is 4.79 Å². The molecule has 4 nitrogen and oxygen atoms in total. The van der Waals surface area contributed by atoms with Crippen LogP contribution in [0.1, 0.15) is 6.92 Å². The monoisotopic (exact) mass is 203 g/mol. The number of carbonyl (C=O) groups excluding carboxylic acids is 1. The zero-order valence-corrected chi connectivity index (χ0v) is 8.14. The van der Waals surface area contributed by atoms with Crippen LogP contribution in [0.5, 0.6) is 5.95 Å². The van der Waals surface area contributed by atoms with Crippen molar-refractivity contribution in [1.82, 2.24) is 4.98 Å². The average Bonchev–Trinajstić information content (AvgIpc) is 2.67. The highest BCUT2D eigenvalue weighted by molar-refractivity contribution is 5.68. The largest absolute Gasteiger partial charge is 0.405 e. The molecule has 1 aromatic heterocycles. The molecule has 2 rings (SSSR count). The Morgan fingerprint density at radius 3 is 2.73 bits per heavy atom. The van der Waals surface area contributed by atoms with Crippen molar-refractivity contribution in [3.8, 4) is 17.4 Å².